The first-order valence-electron chi connectivity index (χ1n) is 12.9. The molecular formula is C26H50O5. The maximum absolute atomic E-state index is 11.0. The van der Waals surface area contributed by atoms with Gasteiger partial charge in [0.2, 0.25) is 0 Å². The molecule has 0 aromatic rings. The van der Waals surface area contributed by atoms with Gasteiger partial charge in [0, 0.05) is 13.0 Å². The number of ether oxygens (including phenoxy) is 1. The van der Waals surface area contributed by atoms with Crippen LogP contribution in [0.4, 0.5) is 0 Å². The summed E-state index contributed by atoms with van der Waals surface area (Å²) < 4.78 is 5.87. The smallest absolute Gasteiger partial charge is 0.332 e. The molecule has 1 saturated carbocycles. The molecule has 1 fully saturated rings. The Hall–Kier alpha value is -0.650. The second-order valence-electron chi connectivity index (χ2n) is 10.6. The molecule has 0 aromatic heterocycles. The first-order valence-corrected chi connectivity index (χ1v) is 12.9. The fraction of sp³-hybridized carbons (Fsp3) is 0.962. The van der Waals surface area contributed by atoms with Crippen LogP contribution in [0.1, 0.15) is 118 Å². The van der Waals surface area contributed by atoms with E-state index >= 15 is 0 Å². The van der Waals surface area contributed by atoms with Crippen molar-refractivity contribution in [2.75, 3.05) is 6.61 Å². The third-order valence-corrected chi connectivity index (χ3v) is 7.25. The van der Waals surface area contributed by atoms with Crippen molar-refractivity contribution in [3.05, 3.63) is 0 Å². The van der Waals surface area contributed by atoms with Gasteiger partial charge in [-0.3, -0.25) is 0 Å². The van der Waals surface area contributed by atoms with Crippen molar-refractivity contribution >= 4 is 5.97 Å². The van der Waals surface area contributed by atoms with E-state index in [-0.39, 0.29) is 18.6 Å². The number of unbranched alkanes of at least 4 members (excludes halogenated alkanes) is 2. The van der Waals surface area contributed by atoms with Gasteiger partial charge in [0.25, 0.3) is 0 Å². The van der Waals surface area contributed by atoms with Crippen molar-refractivity contribution in [1.82, 2.24) is 0 Å². The van der Waals surface area contributed by atoms with Gasteiger partial charge in [0.15, 0.2) is 6.10 Å². The van der Waals surface area contributed by atoms with Crippen LogP contribution in [0.25, 0.3) is 0 Å². The standard InChI is InChI=1S/C26H50O5/c1-5-7-16-26(3,4)17-10-11-20-14-15-23(27)22(20)13-9-12-21(31-18-8-6-2)19-24(28)25(29)30/h20-24,27-28H,5-19H2,1-4H3,(H,29,30)/t20-,21?,22+,23-,24?/m0/s1. The Morgan fingerprint density at radius 1 is 1.03 bits per heavy atom. The van der Waals surface area contributed by atoms with Gasteiger partial charge in [-0.05, 0) is 62.2 Å². The lowest BCUT2D eigenvalue weighted by atomic mass is 9.79. The molecule has 5 heteroatoms. The lowest BCUT2D eigenvalue weighted by Gasteiger charge is -2.27. The van der Waals surface area contributed by atoms with Gasteiger partial charge in [-0.2, -0.15) is 0 Å². The third-order valence-electron chi connectivity index (χ3n) is 7.25. The van der Waals surface area contributed by atoms with E-state index < -0.39 is 12.1 Å². The summed E-state index contributed by atoms with van der Waals surface area (Å²) in [5.74, 6) is -0.238. The molecule has 0 amide bonds. The van der Waals surface area contributed by atoms with Gasteiger partial charge >= 0.3 is 5.97 Å². The number of aliphatic hydroxyl groups is 2. The fourth-order valence-corrected chi connectivity index (χ4v) is 5.13. The summed E-state index contributed by atoms with van der Waals surface area (Å²) >= 11 is 0. The molecule has 3 N–H and O–H groups in total. The Labute approximate surface area is 191 Å². The highest BCUT2D eigenvalue weighted by molar-refractivity contribution is 5.71. The van der Waals surface area contributed by atoms with Crippen LogP contribution in [0.15, 0.2) is 0 Å². The zero-order valence-electron chi connectivity index (χ0n) is 20.7. The highest BCUT2D eigenvalue weighted by atomic mass is 16.5. The average Bonchev–Trinajstić information content (AvgIpc) is 3.06. The number of carbonyl (C=O) groups is 1. The molecule has 0 aliphatic heterocycles. The van der Waals surface area contributed by atoms with Crippen LogP contribution in [0.5, 0.6) is 0 Å². The maximum atomic E-state index is 11.0. The molecule has 184 valence electrons. The highest BCUT2D eigenvalue weighted by Gasteiger charge is 2.34. The SMILES string of the molecule is CCCCOC(CCC[C@@H]1[C@@H](CCCC(C)(C)CCCC)CC[C@@H]1O)CC(O)C(=O)O. The lowest BCUT2D eigenvalue weighted by molar-refractivity contribution is -0.148. The van der Waals surface area contributed by atoms with Crippen LogP contribution in [0.3, 0.4) is 0 Å². The van der Waals surface area contributed by atoms with Crippen molar-refractivity contribution < 1.29 is 24.9 Å². The van der Waals surface area contributed by atoms with Crippen molar-refractivity contribution in [2.45, 2.75) is 136 Å². The monoisotopic (exact) mass is 442 g/mol. The molecule has 0 radical (unpaired) electrons. The average molecular weight is 443 g/mol. The largest absolute Gasteiger partial charge is 0.479 e. The Bertz CT molecular complexity index is 478. The summed E-state index contributed by atoms with van der Waals surface area (Å²) in [5.41, 5.74) is 0.413. The molecule has 1 aliphatic carbocycles. The summed E-state index contributed by atoms with van der Waals surface area (Å²) in [6.07, 6.45) is 12.5. The van der Waals surface area contributed by atoms with E-state index in [0.29, 0.717) is 23.9 Å². The molecule has 0 spiro atoms. The lowest BCUT2D eigenvalue weighted by Crippen LogP contribution is -2.28. The molecule has 0 bridgehead atoms. The molecule has 2 unspecified atom stereocenters. The van der Waals surface area contributed by atoms with Crippen LogP contribution in [0.2, 0.25) is 0 Å². The van der Waals surface area contributed by atoms with E-state index in [1.807, 2.05) is 0 Å². The Kier molecular flexibility index (Phi) is 13.9. The molecule has 1 aliphatic rings. The second-order valence-corrected chi connectivity index (χ2v) is 10.6. The minimum Gasteiger partial charge on any atom is -0.479 e. The predicted octanol–water partition coefficient (Wildman–Crippen LogP) is 5.95. The topological polar surface area (TPSA) is 87.0 Å². The van der Waals surface area contributed by atoms with Crippen molar-refractivity contribution in [3.8, 4) is 0 Å². The zero-order chi connectivity index (χ0) is 23.3. The van der Waals surface area contributed by atoms with Gasteiger partial charge in [-0.25, -0.2) is 4.79 Å². The number of aliphatic carboxylic acids is 1. The summed E-state index contributed by atoms with van der Waals surface area (Å²) in [6, 6.07) is 0. The fourth-order valence-electron chi connectivity index (χ4n) is 5.13. The van der Waals surface area contributed by atoms with E-state index in [9.17, 15) is 15.0 Å². The molecular weight excluding hydrogens is 392 g/mol. The Morgan fingerprint density at radius 2 is 1.71 bits per heavy atom. The van der Waals surface area contributed by atoms with Gasteiger partial charge < -0.3 is 20.1 Å². The van der Waals surface area contributed by atoms with Gasteiger partial charge in [0.05, 0.1) is 12.2 Å². The number of hydrogen-bond acceptors (Lipinski definition) is 4. The third kappa shape index (κ3) is 11.7. The summed E-state index contributed by atoms with van der Waals surface area (Å²) in [7, 11) is 0. The normalized spacial score (nSPS) is 23.7. The van der Waals surface area contributed by atoms with Crippen molar-refractivity contribution in [2.24, 2.45) is 17.3 Å². The second kappa shape index (κ2) is 15.2. The molecule has 1 rings (SSSR count). The number of carboxylic acid groups (broad SMARTS) is 1. The van der Waals surface area contributed by atoms with E-state index in [4.69, 9.17) is 9.84 Å². The van der Waals surface area contributed by atoms with Gasteiger partial charge in [0.1, 0.15) is 0 Å². The minimum atomic E-state index is -1.37. The van der Waals surface area contributed by atoms with E-state index in [0.717, 1.165) is 44.9 Å². The van der Waals surface area contributed by atoms with Crippen LogP contribution >= 0.6 is 0 Å². The molecule has 5 nitrogen and oxygen atoms in total. The van der Waals surface area contributed by atoms with Crippen LogP contribution in [-0.4, -0.2) is 46.2 Å². The maximum Gasteiger partial charge on any atom is 0.332 e. The molecule has 0 aromatic carbocycles. The predicted molar refractivity (Wildman–Crippen MR) is 126 cm³/mol. The summed E-state index contributed by atoms with van der Waals surface area (Å²) in [4.78, 5) is 11.0. The Balaban J connectivity index is 2.46. The quantitative estimate of drug-likeness (QED) is 0.228. The molecule has 0 heterocycles. The van der Waals surface area contributed by atoms with Crippen LogP contribution < -0.4 is 0 Å². The summed E-state index contributed by atoms with van der Waals surface area (Å²) in [6.45, 7) is 9.72. The van der Waals surface area contributed by atoms with E-state index in [1.165, 1.54) is 38.5 Å². The molecule has 0 saturated heterocycles. The van der Waals surface area contributed by atoms with Crippen molar-refractivity contribution in [3.63, 3.8) is 0 Å². The van der Waals surface area contributed by atoms with E-state index in [1.54, 1.807) is 0 Å². The number of carboxylic acids is 1. The highest BCUT2D eigenvalue weighted by Crippen LogP contribution is 2.40. The molecule has 31 heavy (non-hydrogen) atoms. The first-order chi connectivity index (χ1) is 14.7. The number of rotatable bonds is 18. The first kappa shape index (κ1) is 28.4. The number of hydrogen-bond donors (Lipinski definition) is 3. The molecule has 5 atom stereocenters. The van der Waals surface area contributed by atoms with Crippen molar-refractivity contribution in [1.29, 1.82) is 0 Å². The van der Waals surface area contributed by atoms with Gasteiger partial charge in [-0.15, -0.1) is 0 Å². The summed E-state index contributed by atoms with van der Waals surface area (Å²) in [5, 5.41) is 29.3. The minimum absolute atomic E-state index is 0.141. The van der Waals surface area contributed by atoms with Gasteiger partial charge in [-0.1, -0.05) is 66.2 Å². The van der Waals surface area contributed by atoms with Crippen LogP contribution in [-0.2, 0) is 9.53 Å². The van der Waals surface area contributed by atoms with E-state index in [2.05, 4.69) is 27.7 Å². The number of aliphatic hydroxyl groups excluding tert-OH is 2. The van der Waals surface area contributed by atoms with Crippen LogP contribution in [0, 0.1) is 17.3 Å². The Morgan fingerprint density at radius 3 is 2.35 bits per heavy atom. The zero-order valence-corrected chi connectivity index (χ0v) is 20.7.